The quantitative estimate of drug-likeness (QED) is 0.442. The average Bonchev–Trinajstić information content (AvgIpc) is 2.67. The highest BCUT2D eigenvalue weighted by atomic mass is 35.5. The Bertz CT molecular complexity index is 1070. The van der Waals surface area contributed by atoms with Gasteiger partial charge in [0, 0.05) is 22.0 Å². The molecule has 0 aliphatic heterocycles. The molecule has 3 nitrogen and oxygen atoms in total. The standard InChI is InChI=1S/C22H18Cl2O3S/c1-15-2-12-20(13-3-15)28(26,27)22(17-6-10-19(24)11-7-17)14-21(25)16-4-8-18(23)9-5-16/h2-13,22H,14H2,1H3/t22-/m1/s1. The SMILES string of the molecule is Cc1ccc(S(=O)(=O)[C@H](CC(=O)c2ccc(Cl)cc2)c2ccc(Cl)cc2)cc1. The summed E-state index contributed by atoms with van der Waals surface area (Å²) in [5, 5.41) is -0.00649. The highest BCUT2D eigenvalue weighted by Crippen LogP contribution is 2.34. The van der Waals surface area contributed by atoms with E-state index >= 15 is 0 Å². The third-order valence-electron chi connectivity index (χ3n) is 4.50. The van der Waals surface area contributed by atoms with Crippen LogP contribution in [0.2, 0.25) is 10.0 Å². The van der Waals surface area contributed by atoms with Crippen molar-refractivity contribution in [1.29, 1.82) is 0 Å². The molecule has 144 valence electrons. The first kappa shape index (κ1) is 20.6. The highest BCUT2D eigenvalue weighted by Gasteiger charge is 2.31. The number of hydrogen-bond acceptors (Lipinski definition) is 3. The van der Waals surface area contributed by atoms with Crippen molar-refractivity contribution in [1.82, 2.24) is 0 Å². The smallest absolute Gasteiger partial charge is 0.185 e. The first-order chi connectivity index (χ1) is 13.3. The van der Waals surface area contributed by atoms with Crippen molar-refractivity contribution >= 4 is 38.8 Å². The van der Waals surface area contributed by atoms with Gasteiger partial charge in [0.1, 0.15) is 0 Å². The van der Waals surface area contributed by atoms with Crippen LogP contribution in [0.5, 0.6) is 0 Å². The Morgan fingerprint density at radius 1 is 0.821 bits per heavy atom. The van der Waals surface area contributed by atoms with Gasteiger partial charge in [0.15, 0.2) is 15.6 Å². The van der Waals surface area contributed by atoms with Gasteiger partial charge in [0.25, 0.3) is 0 Å². The summed E-state index contributed by atoms with van der Waals surface area (Å²) in [6, 6.07) is 19.6. The number of Topliss-reactive ketones (excluding diaryl/α,β-unsaturated/α-hetero) is 1. The second kappa shape index (κ2) is 8.48. The van der Waals surface area contributed by atoms with Crippen LogP contribution in [0.25, 0.3) is 0 Å². The van der Waals surface area contributed by atoms with E-state index in [2.05, 4.69) is 0 Å². The van der Waals surface area contributed by atoms with Gasteiger partial charge in [-0.2, -0.15) is 0 Å². The summed E-state index contributed by atoms with van der Waals surface area (Å²) in [4.78, 5) is 13.0. The Labute approximate surface area is 174 Å². The maximum atomic E-state index is 13.3. The zero-order chi connectivity index (χ0) is 20.3. The Morgan fingerprint density at radius 2 is 1.32 bits per heavy atom. The maximum absolute atomic E-state index is 13.3. The molecule has 0 aliphatic carbocycles. The van der Waals surface area contributed by atoms with Gasteiger partial charge in [-0.15, -0.1) is 0 Å². The molecule has 0 spiro atoms. The number of hydrogen-bond donors (Lipinski definition) is 0. The monoisotopic (exact) mass is 432 g/mol. The summed E-state index contributed by atoms with van der Waals surface area (Å²) in [6.45, 7) is 1.89. The summed E-state index contributed by atoms with van der Waals surface area (Å²) in [5.74, 6) is -0.271. The van der Waals surface area contributed by atoms with E-state index in [1.807, 2.05) is 6.92 Å². The summed E-state index contributed by atoms with van der Waals surface area (Å²) >= 11 is 11.8. The van der Waals surface area contributed by atoms with Crippen LogP contribution in [-0.4, -0.2) is 14.2 Å². The molecule has 6 heteroatoms. The minimum atomic E-state index is -3.78. The lowest BCUT2D eigenvalue weighted by molar-refractivity contribution is 0.0980. The molecule has 0 aliphatic rings. The van der Waals surface area contributed by atoms with Gasteiger partial charge < -0.3 is 0 Å². The molecule has 0 heterocycles. The second-order valence-corrected chi connectivity index (χ2v) is 9.54. The molecular weight excluding hydrogens is 415 g/mol. The first-order valence-electron chi connectivity index (χ1n) is 8.62. The summed E-state index contributed by atoms with van der Waals surface area (Å²) in [7, 11) is -3.78. The molecular formula is C22H18Cl2O3S. The van der Waals surface area contributed by atoms with E-state index in [1.54, 1.807) is 72.8 Å². The number of sulfone groups is 1. The van der Waals surface area contributed by atoms with Crippen molar-refractivity contribution in [3.63, 3.8) is 0 Å². The van der Waals surface area contributed by atoms with Gasteiger partial charge in [0.05, 0.1) is 10.1 Å². The van der Waals surface area contributed by atoms with E-state index in [4.69, 9.17) is 23.2 Å². The van der Waals surface area contributed by atoms with Gasteiger partial charge in [0.2, 0.25) is 0 Å². The summed E-state index contributed by atoms with van der Waals surface area (Å²) in [5.41, 5.74) is 1.90. The predicted molar refractivity (Wildman–Crippen MR) is 113 cm³/mol. The van der Waals surface area contributed by atoms with Gasteiger partial charge >= 0.3 is 0 Å². The molecule has 0 radical (unpaired) electrons. The van der Waals surface area contributed by atoms with Crippen LogP contribution in [0.4, 0.5) is 0 Å². The van der Waals surface area contributed by atoms with Crippen LogP contribution in [0.15, 0.2) is 77.7 Å². The number of benzene rings is 3. The van der Waals surface area contributed by atoms with Crippen LogP contribution in [0.3, 0.4) is 0 Å². The van der Waals surface area contributed by atoms with Gasteiger partial charge in [-0.3, -0.25) is 4.79 Å². The van der Waals surface area contributed by atoms with E-state index in [-0.39, 0.29) is 17.1 Å². The minimum absolute atomic E-state index is 0.181. The van der Waals surface area contributed by atoms with Gasteiger partial charge in [-0.05, 0) is 61.0 Å². The molecule has 28 heavy (non-hydrogen) atoms. The van der Waals surface area contributed by atoms with Crippen molar-refractivity contribution in [3.05, 3.63) is 99.5 Å². The van der Waals surface area contributed by atoms with E-state index in [1.165, 1.54) is 0 Å². The van der Waals surface area contributed by atoms with E-state index in [9.17, 15) is 13.2 Å². The molecule has 0 saturated heterocycles. The Kier molecular flexibility index (Phi) is 6.23. The lowest BCUT2D eigenvalue weighted by atomic mass is 10.0. The lowest BCUT2D eigenvalue weighted by Gasteiger charge is -2.18. The largest absolute Gasteiger partial charge is 0.294 e. The fourth-order valence-electron chi connectivity index (χ4n) is 2.90. The third kappa shape index (κ3) is 4.64. The predicted octanol–water partition coefficient (Wildman–Crippen LogP) is 6.09. The lowest BCUT2D eigenvalue weighted by Crippen LogP contribution is -2.18. The molecule has 3 rings (SSSR count). The summed E-state index contributed by atoms with van der Waals surface area (Å²) < 4.78 is 26.7. The number of halogens is 2. The number of carbonyl (C=O) groups is 1. The molecule has 1 atom stereocenters. The van der Waals surface area contributed by atoms with Crippen LogP contribution in [0, 0.1) is 6.92 Å². The molecule has 0 amide bonds. The number of ketones is 1. The molecule has 0 saturated carbocycles. The normalized spacial score (nSPS) is 12.5. The van der Waals surface area contributed by atoms with Crippen LogP contribution in [0.1, 0.15) is 33.2 Å². The van der Waals surface area contributed by atoms with Crippen LogP contribution in [-0.2, 0) is 9.84 Å². The van der Waals surface area contributed by atoms with Gasteiger partial charge in [-0.1, -0.05) is 53.0 Å². The van der Waals surface area contributed by atoms with Gasteiger partial charge in [-0.25, -0.2) is 8.42 Å². The molecule has 3 aromatic carbocycles. The zero-order valence-corrected chi connectivity index (χ0v) is 17.4. The van der Waals surface area contributed by atoms with Crippen molar-refractivity contribution in [2.75, 3.05) is 0 Å². The Morgan fingerprint density at radius 3 is 1.86 bits per heavy atom. The molecule has 3 aromatic rings. The Hall–Kier alpha value is -2.14. The number of carbonyl (C=O) groups excluding carboxylic acids is 1. The average molecular weight is 433 g/mol. The molecule has 0 fully saturated rings. The van der Waals surface area contributed by atoms with E-state index in [0.29, 0.717) is 21.2 Å². The van der Waals surface area contributed by atoms with E-state index in [0.717, 1.165) is 5.56 Å². The molecule has 0 bridgehead atoms. The van der Waals surface area contributed by atoms with Crippen molar-refractivity contribution in [2.24, 2.45) is 0 Å². The molecule has 0 N–H and O–H groups in total. The first-order valence-corrected chi connectivity index (χ1v) is 10.9. The van der Waals surface area contributed by atoms with Crippen LogP contribution >= 0.6 is 23.2 Å². The number of aryl methyl sites for hydroxylation is 1. The molecule has 0 aromatic heterocycles. The van der Waals surface area contributed by atoms with Crippen molar-refractivity contribution in [3.8, 4) is 0 Å². The number of rotatable bonds is 6. The van der Waals surface area contributed by atoms with Crippen molar-refractivity contribution < 1.29 is 13.2 Å². The zero-order valence-electron chi connectivity index (χ0n) is 15.1. The van der Waals surface area contributed by atoms with Crippen molar-refractivity contribution in [2.45, 2.75) is 23.5 Å². The molecule has 0 unspecified atom stereocenters. The third-order valence-corrected chi connectivity index (χ3v) is 7.12. The topological polar surface area (TPSA) is 51.2 Å². The summed E-state index contributed by atoms with van der Waals surface area (Å²) in [6.07, 6.45) is -0.181. The fourth-order valence-corrected chi connectivity index (χ4v) is 4.88. The Balaban J connectivity index is 2.02. The maximum Gasteiger partial charge on any atom is 0.185 e. The van der Waals surface area contributed by atoms with Crippen LogP contribution < -0.4 is 0 Å². The second-order valence-electron chi connectivity index (χ2n) is 6.53. The van der Waals surface area contributed by atoms with E-state index < -0.39 is 15.1 Å². The minimum Gasteiger partial charge on any atom is -0.294 e. The highest BCUT2D eigenvalue weighted by molar-refractivity contribution is 7.91. The fraction of sp³-hybridized carbons (Fsp3) is 0.136.